The van der Waals surface area contributed by atoms with Crippen molar-refractivity contribution >= 4 is 5.69 Å². The number of anilines is 1. The number of hydrogen-bond acceptors (Lipinski definition) is 5. The highest BCUT2D eigenvalue weighted by atomic mass is 16.7. The number of aromatic nitrogens is 2. The molecular formula is C13H22N4O2. The lowest BCUT2D eigenvalue weighted by Gasteiger charge is -2.32. The fourth-order valence-electron chi connectivity index (χ4n) is 2.77. The van der Waals surface area contributed by atoms with E-state index in [0.29, 0.717) is 6.04 Å². The number of aryl methyl sites for hydroxylation is 1. The molecule has 2 saturated heterocycles. The molecule has 1 aromatic rings. The third kappa shape index (κ3) is 2.91. The monoisotopic (exact) mass is 266 g/mol. The number of piperidine rings is 1. The Morgan fingerprint density at radius 2 is 2.00 bits per heavy atom. The van der Waals surface area contributed by atoms with Crippen LogP contribution in [0, 0.1) is 6.92 Å². The van der Waals surface area contributed by atoms with E-state index >= 15 is 0 Å². The maximum Gasteiger partial charge on any atom is 0.170 e. The molecule has 106 valence electrons. The van der Waals surface area contributed by atoms with E-state index in [9.17, 15) is 0 Å². The molecule has 0 spiro atoms. The average molecular weight is 266 g/mol. The zero-order valence-corrected chi connectivity index (χ0v) is 11.4. The molecule has 2 aliphatic rings. The van der Waals surface area contributed by atoms with Crippen molar-refractivity contribution < 1.29 is 9.47 Å². The zero-order valence-electron chi connectivity index (χ0n) is 11.4. The summed E-state index contributed by atoms with van der Waals surface area (Å²) in [6, 6.07) is 0.470. The van der Waals surface area contributed by atoms with E-state index in [1.54, 1.807) is 0 Å². The van der Waals surface area contributed by atoms with E-state index in [0.717, 1.165) is 57.1 Å². The van der Waals surface area contributed by atoms with E-state index in [-0.39, 0.29) is 6.29 Å². The van der Waals surface area contributed by atoms with Gasteiger partial charge >= 0.3 is 0 Å². The third-order valence-electron chi connectivity index (χ3n) is 3.98. The van der Waals surface area contributed by atoms with Gasteiger partial charge in [-0.25, -0.2) is 0 Å². The van der Waals surface area contributed by atoms with Crippen LogP contribution in [-0.4, -0.2) is 53.8 Å². The molecule has 0 aromatic carbocycles. The maximum atomic E-state index is 5.86. The van der Waals surface area contributed by atoms with Crippen molar-refractivity contribution in [3.63, 3.8) is 0 Å². The van der Waals surface area contributed by atoms with E-state index in [4.69, 9.17) is 15.2 Å². The van der Waals surface area contributed by atoms with Crippen molar-refractivity contribution in [1.29, 1.82) is 0 Å². The average Bonchev–Trinajstić information content (AvgIpc) is 3.02. The summed E-state index contributed by atoms with van der Waals surface area (Å²) in [5.74, 6) is 0. The molecule has 2 N–H and O–H groups in total. The number of nitrogens with two attached hydrogens (primary N) is 1. The predicted octanol–water partition coefficient (Wildman–Crippen LogP) is 0.784. The van der Waals surface area contributed by atoms with Crippen molar-refractivity contribution in [3.8, 4) is 0 Å². The van der Waals surface area contributed by atoms with E-state index in [1.165, 1.54) is 0 Å². The molecule has 1 aromatic heterocycles. The van der Waals surface area contributed by atoms with Crippen LogP contribution in [0.5, 0.6) is 0 Å². The van der Waals surface area contributed by atoms with E-state index < -0.39 is 0 Å². The van der Waals surface area contributed by atoms with Gasteiger partial charge in [0.05, 0.1) is 30.6 Å². The van der Waals surface area contributed by atoms with Crippen LogP contribution in [0.3, 0.4) is 0 Å². The minimum absolute atomic E-state index is 0.0286. The fourth-order valence-corrected chi connectivity index (χ4v) is 2.77. The quantitative estimate of drug-likeness (QED) is 0.876. The summed E-state index contributed by atoms with van der Waals surface area (Å²) >= 11 is 0. The Hall–Kier alpha value is -1.11. The molecule has 0 unspecified atom stereocenters. The van der Waals surface area contributed by atoms with Gasteiger partial charge in [0.1, 0.15) is 0 Å². The van der Waals surface area contributed by atoms with E-state index in [1.807, 2.05) is 17.8 Å². The summed E-state index contributed by atoms with van der Waals surface area (Å²) in [6.07, 6.45) is 4.14. The van der Waals surface area contributed by atoms with Crippen molar-refractivity contribution in [2.24, 2.45) is 0 Å². The molecule has 2 aliphatic heterocycles. The van der Waals surface area contributed by atoms with Crippen LogP contribution in [0.2, 0.25) is 0 Å². The van der Waals surface area contributed by atoms with Crippen LogP contribution >= 0.6 is 0 Å². The highest BCUT2D eigenvalue weighted by Crippen LogP contribution is 2.24. The lowest BCUT2D eigenvalue weighted by atomic mass is 10.1. The molecular weight excluding hydrogens is 244 g/mol. The molecule has 0 bridgehead atoms. The molecule has 0 atom stereocenters. The number of hydrogen-bond donors (Lipinski definition) is 1. The Balaban J connectivity index is 1.51. The first kappa shape index (κ1) is 12.9. The first-order valence-electron chi connectivity index (χ1n) is 6.99. The van der Waals surface area contributed by atoms with Gasteiger partial charge in [0.2, 0.25) is 0 Å². The summed E-state index contributed by atoms with van der Waals surface area (Å²) in [6.45, 7) is 6.42. The second-order valence-corrected chi connectivity index (χ2v) is 5.35. The Kier molecular flexibility index (Phi) is 3.72. The van der Waals surface area contributed by atoms with Gasteiger partial charge in [-0.05, 0) is 19.8 Å². The molecule has 0 aliphatic carbocycles. The van der Waals surface area contributed by atoms with Crippen molar-refractivity contribution in [2.75, 3.05) is 38.6 Å². The second kappa shape index (κ2) is 5.48. The van der Waals surface area contributed by atoms with Crippen molar-refractivity contribution in [2.45, 2.75) is 32.1 Å². The number of rotatable bonds is 3. The minimum Gasteiger partial charge on any atom is -0.396 e. The second-order valence-electron chi connectivity index (χ2n) is 5.35. The van der Waals surface area contributed by atoms with E-state index in [2.05, 4.69) is 10.00 Å². The SMILES string of the molecule is Cc1nn(C2CCN(CC3OCCO3)CC2)cc1N. The van der Waals surface area contributed by atoms with Crippen LogP contribution in [-0.2, 0) is 9.47 Å². The van der Waals surface area contributed by atoms with Gasteiger partial charge in [-0.15, -0.1) is 0 Å². The molecule has 3 rings (SSSR count). The molecule has 0 saturated carbocycles. The van der Waals surface area contributed by atoms with Gasteiger partial charge in [0.15, 0.2) is 6.29 Å². The van der Waals surface area contributed by atoms with Gasteiger partial charge in [0.25, 0.3) is 0 Å². The summed E-state index contributed by atoms with van der Waals surface area (Å²) in [5.41, 5.74) is 7.57. The van der Waals surface area contributed by atoms with Crippen LogP contribution < -0.4 is 5.73 Å². The molecule has 0 amide bonds. The normalized spacial score (nSPS) is 23.2. The highest BCUT2D eigenvalue weighted by molar-refractivity contribution is 5.39. The molecule has 3 heterocycles. The highest BCUT2D eigenvalue weighted by Gasteiger charge is 2.25. The number of nitrogens with zero attached hydrogens (tertiary/aromatic N) is 3. The lowest BCUT2D eigenvalue weighted by molar-refractivity contribution is -0.0658. The van der Waals surface area contributed by atoms with Crippen LogP contribution in [0.25, 0.3) is 0 Å². The smallest absolute Gasteiger partial charge is 0.170 e. The van der Waals surface area contributed by atoms with Crippen LogP contribution in [0.4, 0.5) is 5.69 Å². The molecule has 19 heavy (non-hydrogen) atoms. The Labute approximate surface area is 113 Å². The molecule has 6 nitrogen and oxygen atoms in total. The summed E-state index contributed by atoms with van der Waals surface area (Å²) in [5, 5.41) is 4.49. The predicted molar refractivity (Wildman–Crippen MR) is 71.8 cm³/mol. The van der Waals surface area contributed by atoms with Gasteiger partial charge in [0, 0.05) is 25.8 Å². The van der Waals surface area contributed by atoms with Crippen LogP contribution in [0.1, 0.15) is 24.6 Å². The van der Waals surface area contributed by atoms with Gasteiger partial charge in [-0.1, -0.05) is 0 Å². The first-order chi connectivity index (χ1) is 9.22. The third-order valence-corrected chi connectivity index (χ3v) is 3.98. The molecule has 2 fully saturated rings. The number of ether oxygens (including phenoxy) is 2. The maximum absolute atomic E-state index is 5.86. The summed E-state index contributed by atoms with van der Waals surface area (Å²) in [4.78, 5) is 2.41. The van der Waals surface area contributed by atoms with Gasteiger partial charge in [-0.2, -0.15) is 5.10 Å². The van der Waals surface area contributed by atoms with Crippen molar-refractivity contribution in [1.82, 2.24) is 14.7 Å². The largest absolute Gasteiger partial charge is 0.396 e. The zero-order chi connectivity index (χ0) is 13.2. The van der Waals surface area contributed by atoms with Gasteiger partial charge in [-0.3, -0.25) is 9.58 Å². The fraction of sp³-hybridized carbons (Fsp3) is 0.769. The summed E-state index contributed by atoms with van der Waals surface area (Å²) in [7, 11) is 0. The summed E-state index contributed by atoms with van der Waals surface area (Å²) < 4.78 is 13.0. The van der Waals surface area contributed by atoms with Crippen LogP contribution in [0.15, 0.2) is 6.20 Å². The lowest BCUT2D eigenvalue weighted by Crippen LogP contribution is -2.39. The number of likely N-dealkylation sites (tertiary alicyclic amines) is 1. The molecule has 0 radical (unpaired) electrons. The number of nitrogen functional groups attached to an aromatic ring is 1. The van der Waals surface area contributed by atoms with Gasteiger partial charge < -0.3 is 15.2 Å². The molecule has 6 heteroatoms. The standard InChI is InChI=1S/C13H22N4O2/c1-10-12(14)8-17(15-10)11-2-4-16(5-3-11)9-13-18-6-7-19-13/h8,11,13H,2-7,9,14H2,1H3. The minimum atomic E-state index is -0.0286. The Bertz CT molecular complexity index is 401. The topological polar surface area (TPSA) is 65.5 Å². The Morgan fingerprint density at radius 3 is 2.58 bits per heavy atom. The Morgan fingerprint density at radius 1 is 1.32 bits per heavy atom. The first-order valence-corrected chi connectivity index (χ1v) is 6.99. The van der Waals surface area contributed by atoms with Crippen molar-refractivity contribution in [3.05, 3.63) is 11.9 Å².